The number of carbonyl (C=O) groups excluding carboxylic acids is 3. The molecule has 2 aliphatic rings. The molecule has 2 saturated heterocycles. The van der Waals surface area contributed by atoms with Gasteiger partial charge in [0, 0.05) is 30.9 Å². The summed E-state index contributed by atoms with van der Waals surface area (Å²) in [5.41, 5.74) is 2.67. The molecule has 0 spiro atoms. The number of carboxylic acid groups (broad SMARTS) is 1. The smallest absolute Gasteiger partial charge is 0.548 e. The van der Waals surface area contributed by atoms with E-state index < -0.39 is 46.1 Å². The Bertz CT molecular complexity index is 1310. The van der Waals surface area contributed by atoms with Crippen molar-refractivity contribution >= 4 is 29.5 Å². The molecule has 0 aliphatic carbocycles. The molecule has 2 heterocycles. The van der Waals surface area contributed by atoms with Crippen molar-refractivity contribution in [3.8, 4) is 5.75 Å². The van der Waals surface area contributed by atoms with Crippen molar-refractivity contribution in [2.75, 3.05) is 13.1 Å². The van der Waals surface area contributed by atoms with Crippen LogP contribution < -0.4 is 77.2 Å². The number of rotatable bonds is 12. The number of aliphatic carboxylic acids is 1. The summed E-state index contributed by atoms with van der Waals surface area (Å²) < 4.78 is 4.87. The molecule has 1 unspecified atom stereocenters. The van der Waals surface area contributed by atoms with Gasteiger partial charge < -0.3 is 35.5 Å². The number of nitrogens with one attached hydrogen (secondary N) is 3. The molecule has 5 rings (SSSR count). The molecule has 2 aliphatic heterocycles. The van der Waals surface area contributed by atoms with Crippen LogP contribution in [0.3, 0.4) is 0 Å². The molecule has 2 fully saturated rings. The molecule has 0 radical (unpaired) electrons. The van der Waals surface area contributed by atoms with Gasteiger partial charge in [-0.15, -0.1) is 11.8 Å². The van der Waals surface area contributed by atoms with Gasteiger partial charge in [-0.25, -0.2) is 0 Å². The third-order valence-electron chi connectivity index (χ3n) is 7.21. The molecule has 3 aromatic carbocycles. The van der Waals surface area contributed by atoms with Gasteiger partial charge in [-0.3, -0.25) is 9.59 Å². The monoisotopic (exact) mass is 642 g/mol. The van der Waals surface area contributed by atoms with E-state index in [4.69, 9.17) is 4.74 Å². The summed E-state index contributed by atoms with van der Waals surface area (Å²) in [7, 11) is 0. The third kappa shape index (κ3) is 9.89. The van der Waals surface area contributed by atoms with Crippen molar-refractivity contribution < 1.29 is 75.6 Å². The molecule has 0 saturated carbocycles. The second-order valence-corrected chi connectivity index (χ2v) is 12.7. The SMILES string of the molecule is CC(Oc1ccccc1)C(=O)N[C@@H]1C(=O)N2[C@@H]1SC(C)(C)[C@@H]2C(=O)[O-].[K+].c1ccc(CNCCNCc2ccccc2)cc1. The number of benzene rings is 3. The number of carboxylic acids is 1. The topological polar surface area (TPSA) is 123 Å². The van der Waals surface area contributed by atoms with Crippen LogP contribution in [-0.4, -0.2) is 64.1 Å². The molecule has 3 aromatic rings. The number of fused-ring (bicyclic) bond motifs is 1. The summed E-state index contributed by atoms with van der Waals surface area (Å²) in [5.74, 6) is -1.55. The van der Waals surface area contributed by atoms with Crippen LogP contribution in [0.1, 0.15) is 31.9 Å². The molecule has 2 amide bonds. The van der Waals surface area contributed by atoms with Crippen LogP contribution in [0.5, 0.6) is 5.75 Å². The second-order valence-electron chi connectivity index (χ2n) is 11.0. The zero-order valence-electron chi connectivity index (χ0n) is 25.7. The maximum Gasteiger partial charge on any atom is 1.00 e. The van der Waals surface area contributed by atoms with E-state index in [1.165, 1.54) is 27.8 Å². The predicted octanol–water partition coefficient (Wildman–Crippen LogP) is -0.679. The summed E-state index contributed by atoms with van der Waals surface area (Å²) in [6.07, 6.45) is -0.777. The second kappa shape index (κ2) is 17.5. The predicted molar refractivity (Wildman–Crippen MR) is 166 cm³/mol. The van der Waals surface area contributed by atoms with Gasteiger partial charge in [-0.05, 0) is 44.0 Å². The Balaban J connectivity index is 0.000000247. The fraction of sp³-hybridized carbons (Fsp3) is 0.364. The van der Waals surface area contributed by atoms with Crippen LogP contribution in [0.15, 0.2) is 91.0 Å². The molecule has 44 heavy (non-hydrogen) atoms. The fourth-order valence-electron chi connectivity index (χ4n) is 4.99. The van der Waals surface area contributed by atoms with Crippen molar-refractivity contribution in [1.82, 2.24) is 20.9 Å². The van der Waals surface area contributed by atoms with Gasteiger partial charge in [-0.1, -0.05) is 78.9 Å². The summed E-state index contributed by atoms with van der Waals surface area (Å²) in [5, 5.41) is 20.5. The summed E-state index contributed by atoms with van der Waals surface area (Å²) in [6, 6.07) is 28.1. The number of amides is 2. The maximum atomic E-state index is 12.3. The minimum Gasteiger partial charge on any atom is -0.548 e. The Morgan fingerprint density at radius 2 is 1.36 bits per heavy atom. The summed E-state index contributed by atoms with van der Waals surface area (Å²) in [4.78, 5) is 37.3. The van der Waals surface area contributed by atoms with Crippen LogP contribution >= 0.6 is 11.8 Å². The van der Waals surface area contributed by atoms with Crippen LogP contribution in [-0.2, 0) is 27.5 Å². The molecule has 228 valence electrons. The first kappa shape index (κ1) is 36.2. The van der Waals surface area contributed by atoms with Crippen LogP contribution in [0.25, 0.3) is 0 Å². The maximum absolute atomic E-state index is 12.3. The largest absolute Gasteiger partial charge is 1.00 e. The number of hydrogen-bond donors (Lipinski definition) is 3. The zero-order valence-corrected chi connectivity index (χ0v) is 29.6. The average molecular weight is 643 g/mol. The number of hydrogen-bond acceptors (Lipinski definition) is 8. The molecule has 4 atom stereocenters. The quantitative estimate of drug-likeness (QED) is 0.135. The molecule has 9 nitrogen and oxygen atoms in total. The Morgan fingerprint density at radius 1 is 0.886 bits per heavy atom. The summed E-state index contributed by atoms with van der Waals surface area (Å²) in [6.45, 7) is 8.96. The van der Waals surface area contributed by atoms with E-state index in [9.17, 15) is 19.5 Å². The minimum absolute atomic E-state index is 0. The number of β-lactam (4-membered cyclic amide) rings is 1. The van der Waals surface area contributed by atoms with Gasteiger partial charge in [0.2, 0.25) is 5.91 Å². The van der Waals surface area contributed by atoms with Crippen molar-refractivity contribution in [2.45, 2.75) is 62.2 Å². The molecule has 3 N–H and O–H groups in total. The average Bonchev–Trinajstić information content (AvgIpc) is 3.27. The molecular weight excluding hydrogens is 604 g/mol. The van der Waals surface area contributed by atoms with Gasteiger partial charge >= 0.3 is 51.4 Å². The van der Waals surface area contributed by atoms with E-state index in [2.05, 4.69) is 64.5 Å². The first-order valence-corrected chi connectivity index (χ1v) is 15.3. The van der Waals surface area contributed by atoms with Gasteiger partial charge in [0.1, 0.15) is 17.2 Å². The fourth-order valence-corrected chi connectivity index (χ4v) is 6.61. The molecule has 0 aromatic heterocycles. The minimum atomic E-state index is -1.28. The van der Waals surface area contributed by atoms with Gasteiger partial charge in [0.25, 0.3) is 5.91 Å². The standard InChI is InChI=1S/C17H20N2O5S.C16H20N2.K/c1-9(24-10-7-5-4-6-8-10)13(20)18-11-14(21)19-12(16(22)23)17(2,3)25-15(11)19;1-3-7-15(8-4-1)13-17-11-12-18-14-16-9-5-2-6-10-16;/h4-9,11-12,15H,1-3H3,(H,18,20)(H,22,23);1-10,17-18H,11-14H2;/q;;+1/p-1/t9?,11-,12+,15-;;/m1../s1. The molecular formula is C33H39KN4O5S. The Morgan fingerprint density at radius 3 is 1.84 bits per heavy atom. The van der Waals surface area contributed by atoms with Crippen molar-refractivity contribution in [3.05, 3.63) is 102 Å². The van der Waals surface area contributed by atoms with Crippen LogP contribution in [0.4, 0.5) is 0 Å². The van der Waals surface area contributed by atoms with Crippen molar-refractivity contribution in [1.29, 1.82) is 0 Å². The van der Waals surface area contributed by atoms with E-state index in [1.54, 1.807) is 45.0 Å². The first-order valence-electron chi connectivity index (χ1n) is 14.4. The Labute approximate surface area is 306 Å². The zero-order chi connectivity index (χ0) is 30.8. The molecule has 11 heteroatoms. The number of para-hydroxylation sites is 1. The normalized spacial score (nSPS) is 20.1. The Hall–Kier alpha value is -2.22. The van der Waals surface area contributed by atoms with Crippen molar-refractivity contribution in [3.63, 3.8) is 0 Å². The van der Waals surface area contributed by atoms with Gasteiger partial charge in [-0.2, -0.15) is 0 Å². The van der Waals surface area contributed by atoms with E-state index in [-0.39, 0.29) is 51.4 Å². The first-order chi connectivity index (χ1) is 20.7. The van der Waals surface area contributed by atoms with Crippen LogP contribution in [0, 0.1) is 0 Å². The van der Waals surface area contributed by atoms with E-state index in [0.29, 0.717) is 5.75 Å². The Kier molecular flexibility index (Phi) is 14.4. The van der Waals surface area contributed by atoms with E-state index >= 15 is 0 Å². The number of carbonyl (C=O) groups is 3. The van der Waals surface area contributed by atoms with Gasteiger partial charge in [0.15, 0.2) is 6.10 Å². The van der Waals surface area contributed by atoms with Crippen LogP contribution in [0.2, 0.25) is 0 Å². The van der Waals surface area contributed by atoms with Gasteiger partial charge in [0.05, 0.1) is 12.0 Å². The third-order valence-corrected chi connectivity index (χ3v) is 8.78. The van der Waals surface area contributed by atoms with E-state index in [1.807, 2.05) is 18.2 Å². The number of nitrogens with zero attached hydrogens (tertiary/aromatic N) is 1. The van der Waals surface area contributed by atoms with Crippen molar-refractivity contribution in [2.24, 2.45) is 0 Å². The van der Waals surface area contributed by atoms with E-state index in [0.717, 1.165) is 26.2 Å². The number of thioether (sulfide) groups is 1. The summed E-state index contributed by atoms with van der Waals surface area (Å²) >= 11 is 1.35. The molecule has 0 bridgehead atoms. The number of ether oxygens (including phenoxy) is 1.